The van der Waals surface area contributed by atoms with Crippen molar-refractivity contribution in [2.45, 2.75) is 12.8 Å². The quantitative estimate of drug-likeness (QED) is 0.591. The maximum absolute atomic E-state index is 5.69. The Kier molecular flexibility index (Phi) is 1.71. The molecule has 0 fully saturated rings. The molecule has 2 N–H and O–H groups in total. The van der Waals surface area contributed by atoms with Gasteiger partial charge in [0.2, 0.25) is 0 Å². The number of nitrogen functional groups attached to an aromatic ring is 1. The first-order chi connectivity index (χ1) is 6.33. The molecular formula is C9H8N4. The topological polar surface area (TPSA) is 64.2 Å². The number of hydrogen-bond acceptors (Lipinski definition) is 4. The molecule has 13 heavy (non-hydrogen) atoms. The van der Waals surface area contributed by atoms with Gasteiger partial charge in [-0.15, -0.1) is 5.92 Å². The molecule has 1 atom stereocenters. The van der Waals surface area contributed by atoms with E-state index in [2.05, 4.69) is 26.8 Å². The average molecular weight is 172 g/mol. The van der Waals surface area contributed by atoms with E-state index >= 15 is 0 Å². The summed E-state index contributed by atoms with van der Waals surface area (Å²) in [5.74, 6) is 6.87. The normalized spacial score (nSPS) is 17.8. The lowest BCUT2D eigenvalue weighted by Gasteiger charge is -2.02. The zero-order valence-corrected chi connectivity index (χ0v) is 7.15. The highest BCUT2D eigenvalue weighted by Crippen LogP contribution is 2.32. The van der Waals surface area contributed by atoms with Gasteiger partial charge >= 0.3 is 0 Å². The van der Waals surface area contributed by atoms with Crippen molar-refractivity contribution in [3.8, 4) is 11.8 Å². The van der Waals surface area contributed by atoms with Gasteiger partial charge in [0.15, 0.2) is 5.82 Å². The molecule has 2 rings (SSSR count). The van der Waals surface area contributed by atoms with Crippen molar-refractivity contribution < 1.29 is 0 Å². The molecule has 4 heteroatoms. The minimum atomic E-state index is -0.0406. The summed E-state index contributed by atoms with van der Waals surface area (Å²) >= 11 is 0. The number of hydrogen-bond donors (Lipinski definition) is 1. The van der Waals surface area contributed by atoms with Crippen LogP contribution >= 0.6 is 0 Å². The number of fused-ring (bicyclic) bond motifs is 1. The van der Waals surface area contributed by atoms with Crippen molar-refractivity contribution in [3.05, 3.63) is 11.9 Å². The van der Waals surface area contributed by atoms with Crippen molar-refractivity contribution in [3.63, 3.8) is 0 Å². The smallest absolute Gasteiger partial charge is 0.161 e. The second-order valence-corrected chi connectivity index (χ2v) is 2.65. The standard InChI is InChI=1S/C9H8N4/c1-2-3-6-4-11-9-7(6)8(10)12-5-13-9/h4-6H,1H3,(H2,10,12,13). The summed E-state index contributed by atoms with van der Waals surface area (Å²) in [5, 5.41) is 0. The van der Waals surface area contributed by atoms with Crippen LogP contribution in [0.15, 0.2) is 11.3 Å². The molecule has 0 spiro atoms. The van der Waals surface area contributed by atoms with E-state index < -0.39 is 0 Å². The molecule has 1 aliphatic heterocycles. The monoisotopic (exact) mass is 172 g/mol. The Morgan fingerprint density at radius 2 is 2.31 bits per heavy atom. The molecule has 64 valence electrons. The molecule has 0 saturated heterocycles. The van der Waals surface area contributed by atoms with Gasteiger partial charge in [0.05, 0.1) is 11.5 Å². The largest absolute Gasteiger partial charge is 0.383 e. The predicted octanol–water partition coefficient (Wildman–Crippen LogP) is 0.882. The minimum absolute atomic E-state index is 0.0406. The van der Waals surface area contributed by atoms with Gasteiger partial charge < -0.3 is 5.73 Å². The van der Waals surface area contributed by atoms with Crippen molar-refractivity contribution in [2.24, 2.45) is 4.99 Å². The summed E-state index contributed by atoms with van der Waals surface area (Å²) < 4.78 is 0. The lowest BCUT2D eigenvalue weighted by molar-refractivity contribution is 1.11. The highest BCUT2D eigenvalue weighted by Gasteiger charge is 2.21. The summed E-state index contributed by atoms with van der Waals surface area (Å²) in [6.45, 7) is 1.78. The highest BCUT2D eigenvalue weighted by atomic mass is 15.0. The van der Waals surface area contributed by atoms with E-state index in [4.69, 9.17) is 5.73 Å². The van der Waals surface area contributed by atoms with Crippen LogP contribution in [0.25, 0.3) is 0 Å². The fourth-order valence-corrected chi connectivity index (χ4v) is 1.29. The summed E-state index contributed by atoms with van der Waals surface area (Å²) in [4.78, 5) is 12.0. The predicted molar refractivity (Wildman–Crippen MR) is 50.8 cm³/mol. The molecule has 1 aromatic heterocycles. The first-order valence-corrected chi connectivity index (χ1v) is 3.89. The van der Waals surface area contributed by atoms with Crippen LogP contribution in [0.2, 0.25) is 0 Å². The number of nitrogens with zero attached hydrogens (tertiary/aromatic N) is 3. The lowest BCUT2D eigenvalue weighted by atomic mass is 10.0. The third kappa shape index (κ3) is 1.14. The van der Waals surface area contributed by atoms with E-state index in [9.17, 15) is 0 Å². The molecule has 0 bridgehead atoms. The van der Waals surface area contributed by atoms with Gasteiger partial charge in [-0.3, -0.25) is 0 Å². The van der Waals surface area contributed by atoms with Gasteiger partial charge in [-0.05, 0) is 6.92 Å². The van der Waals surface area contributed by atoms with Gasteiger partial charge in [0.25, 0.3) is 0 Å². The molecule has 1 aliphatic rings. The SMILES string of the molecule is CC#CC1C=Nc2ncnc(N)c21. The van der Waals surface area contributed by atoms with Crippen LogP contribution < -0.4 is 5.73 Å². The van der Waals surface area contributed by atoms with Crippen molar-refractivity contribution in [1.82, 2.24) is 9.97 Å². The maximum atomic E-state index is 5.69. The Hall–Kier alpha value is -1.89. The van der Waals surface area contributed by atoms with Crippen molar-refractivity contribution >= 4 is 17.9 Å². The Balaban J connectivity index is 2.55. The molecule has 0 amide bonds. The third-order valence-electron chi connectivity index (χ3n) is 1.85. The van der Waals surface area contributed by atoms with E-state index in [0.717, 1.165) is 5.56 Å². The van der Waals surface area contributed by atoms with Crippen LogP contribution in [-0.2, 0) is 0 Å². The van der Waals surface area contributed by atoms with Crippen molar-refractivity contribution in [2.75, 3.05) is 5.73 Å². The lowest BCUT2D eigenvalue weighted by Crippen LogP contribution is -2.01. The highest BCUT2D eigenvalue weighted by molar-refractivity contribution is 5.85. The Morgan fingerprint density at radius 3 is 3.08 bits per heavy atom. The minimum Gasteiger partial charge on any atom is -0.383 e. The fraction of sp³-hybridized carbons (Fsp3) is 0.222. The zero-order chi connectivity index (χ0) is 9.26. The fourth-order valence-electron chi connectivity index (χ4n) is 1.29. The van der Waals surface area contributed by atoms with E-state index in [-0.39, 0.29) is 5.92 Å². The molecular weight excluding hydrogens is 164 g/mol. The summed E-state index contributed by atoms with van der Waals surface area (Å²) in [6.07, 6.45) is 3.15. The number of rotatable bonds is 0. The van der Waals surface area contributed by atoms with E-state index in [1.807, 2.05) is 0 Å². The molecule has 4 nitrogen and oxygen atoms in total. The molecule has 0 radical (unpaired) electrons. The Bertz CT molecular complexity index is 425. The van der Waals surface area contributed by atoms with Gasteiger partial charge in [0, 0.05) is 6.21 Å². The van der Waals surface area contributed by atoms with Gasteiger partial charge in [0.1, 0.15) is 12.1 Å². The van der Waals surface area contributed by atoms with Crippen LogP contribution in [0.1, 0.15) is 18.4 Å². The van der Waals surface area contributed by atoms with Gasteiger partial charge in [-0.1, -0.05) is 5.92 Å². The first-order valence-electron chi connectivity index (χ1n) is 3.89. The first kappa shape index (κ1) is 7.74. The van der Waals surface area contributed by atoms with E-state index in [1.54, 1.807) is 13.1 Å². The number of nitrogens with two attached hydrogens (primary N) is 1. The second kappa shape index (κ2) is 2.87. The van der Waals surface area contributed by atoms with Crippen LogP contribution in [0.5, 0.6) is 0 Å². The van der Waals surface area contributed by atoms with Crippen molar-refractivity contribution in [1.29, 1.82) is 0 Å². The second-order valence-electron chi connectivity index (χ2n) is 2.65. The number of aromatic nitrogens is 2. The van der Waals surface area contributed by atoms with E-state index in [0.29, 0.717) is 11.6 Å². The van der Waals surface area contributed by atoms with Crippen LogP contribution in [-0.4, -0.2) is 16.2 Å². The molecule has 1 unspecified atom stereocenters. The summed E-state index contributed by atoms with van der Waals surface area (Å²) in [5.41, 5.74) is 6.52. The number of aliphatic imine (C=N–C) groups is 1. The average Bonchev–Trinajstić information content (AvgIpc) is 2.51. The Morgan fingerprint density at radius 1 is 1.46 bits per heavy atom. The molecule has 1 aromatic rings. The van der Waals surface area contributed by atoms with Crippen LogP contribution in [0, 0.1) is 11.8 Å². The van der Waals surface area contributed by atoms with E-state index in [1.165, 1.54) is 6.33 Å². The molecule has 0 aliphatic carbocycles. The summed E-state index contributed by atoms with van der Waals surface area (Å²) in [6, 6.07) is 0. The Labute approximate surface area is 75.9 Å². The molecule has 2 heterocycles. The van der Waals surface area contributed by atoms with Crippen LogP contribution in [0.3, 0.4) is 0 Å². The third-order valence-corrected chi connectivity index (χ3v) is 1.85. The zero-order valence-electron chi connectivity index (χ0n) is 7.15. The molecule has 0 saturated carbocycles. The van der Waals surface area contributed by atoms with Crippen LogP contribution in [0.4, 0.5) is 11.6 Å². The number of anilines is 1. The van der Waals surface area contributed by atoms with Gasteiger partial charge in [-0.25, -0.2) is 15.0 Å². The summed E-state index contributed by atoms with van der Waals surface area (Å²) in [7, 11) is 0. The maximum Gasteiger partial charge on any atom is 0.161 e. The molecule has 0 aromatic carbocycles. The van der Waals surface area contributed by atoms with Gasteiger partial charge in [-0.2, -0.15) is 0 Å².